The Hall–Kier alpha value is -2.79. The highest BCUT2D eigenvalue weighted by molar-refractivity contribution is 5.69. The molecule has 0 bridgehead atoms. The molecule has 138 valence electrons. The molecule has 0 saturated carbocycles. The molecular weight excluding hydrogens is 339 g/mol. The zero-order chi connectivity index (χ0) is 18.5. The van der Waals surface area contributed by atoms with Gasteiger partial charge in [0.05, 0.1) is 12.7 Å². The lowest BCUT2D eigenvalue weighted by molar-refractivity contribution is 0.305. The zero-order valence-electron chi connectivity index (χ0n) is 15.3. The molecule has 0 fully saturated rings. The SMILES string of the molecule is Fc1cccc(Cn2ccnn2)c1C1=CCN(CCc2ccccc2)CC1. The van der Waals surface area contributed by atoms with Crippen LogP contribution in [0.3, 0.4) is 0 Å². The molecule has 4 nitrogen and oxygen atoms in total. The number of nitrogens with zero attached hydrogens (tertiary/aromatic N) is 4. The largest absolute Gasteiger partial charge is 0.299 e. The van der Waals surface area contributed by atoms with Gasteiger partial charge in [0, 0.05) is 31.4 Å². The quantitative estimate of drug-likeness (QED) is 0.669. The Morgan fingerprint density at radius 2 is 1.93 bits per heavy atom. The molecule has 0 amide bonds. The van der Waals surface area contributed by atoms with Crippen molar-refractivity contribution in [3.8, 4) is 0 Å². The highest BCUT2D eigenvalue weighted by atomic mass is 19.1. The molecule has 0 N–H and O–H groups in total. The first-order chi connectivity index (χ1) is 13.3. The Kier molecular flexibility index (Phi) is 5.39. The van der Waals surface area contributed by atoms with E-state index in [1.54, 1.807) is 29.2 Å². The van der Waals surface area contributed by atoms with Gasteiger partial charge < -0.3 is 0 Å². The number of aromatic nitrogens is 3. The third kappa shape index (κ3) is 4.31. The second kappa shape index (κ2) is 8.27. The van der Waals surface area contributed by atoms with Gasteiger partial charge in [-0.25, -0.2) is 9.07 Å². The number of rotatable bonds is 6. The first kappa shape index (κ1) is 17.6. The fourth-order valence-corrected chi connectivity index (χ4v) is 3.63. The van der Waals surface area contributed by atoms with Crippen molar-refractivity contribution in [3.63, 3.8) is 0 Å². The van der Waals surface area contributed by atoms with Crippen molar-refractivity contribution in [1.29, 1.82) is 0 Å². The second-order valence-corrected chi connectivity index (χ2v) is 6.89. The molecule has 2 aromatic carbocycles. The van der Waals surface area contributed by atoms with E-state index in [4.69, 9.17) is 0 Å². The third-order valence-electron chi connectivity index (χ3n) is 5.08. The number of hydrogen-bond donors (Lipinski definition) is 0. The number of halogens is 1. The summed E-state index contributed by atoms with van der Waals surface area (Å²) in [5, 5.41) is 7.85. The molecule has 4 rings (SSSR count). The molecule has 0 aliphatic carbocycles. The van der Waals surface area contributed by atoms with Crippen LogP contribution in [-0.4, -0.2) is 39.5 Å². The predicted octanol–water partition coefficient (Wildman–Crippen LogP) is 3.80. The van der Waals surface area contributed by atoms with Crippen LogP contribution >= 0.6 is 0 Å². The van der Waals surface area contributed by atoms with Crippen molar-refractivity contribution in [2.75, 3.05) is 19.6 Å². The Morgan fingerprint density at radius 3 is 2.67 bits per heavy atom. The minimum atomic E-state index is -0.156. The van der Waals surface area contributed by atoms with Crippen LogP contribution in [0.4, 0.5) is 4.39 Å². The fraction of sp³-hybridized carbons (Fsp3) is 0.273. The van der Waals surface area contributed by atoms with Crippen LogP contribution in [0.2, 0.25) is 0 Å². The minimum Gasteiger partial charge on any atom is -0.299 e. The highest BCUT2D eigenvalue weighted by Crippen LogP contribution is 2.28. The van der Waals surface area contributed by atoms with Crippen molar-refractivity contribution in [2.24, 2.45) is 0 Å². The Labute approximate surface area is 158 Å². The monoisotopic (exact) mass is 362 g/mol. The Bertz CT molecular complexity index is 903. The first-order valence-corrected chi connectivity index (χ1v) is 9.37. The van der Waals surface area contributed by atoms with Crippen LogP contribution in [0, 0.1) is 5.82 Å². The van der Waals surface area contributed by atoms with E-state index in [1.165, 1.54) is 5.56 Å². The topological polar surface area (TPSA) is 34.0 Å². The van der Waals surface area contributed by atoms with Crippen LogP contribution in [-0.2, 0) is 13.0 Å². The van der Waals surface area contributed by atoms with Gasteiger partial charge >= 0.3 is 0 Å². The van der Waals surface area contributed by atoms with Crippen molar-refractivity contribution >= 4 is 5.57 Å². The van der Waals surface area contributed by atoms with Gasteiger partial charge in [0.25, 0.3) is 0 Å². The average molecular weight is 362 g/mol. The molecule has 0 atom stereocenters. The maximum Gasteiger partial charge on any atom is 0.131 e. The first-order valence-electron chi connectivity index (χ1n) is 9.37. The van der Waals surface area contributed by atoms with E-state index in [9.17, 15) is 4.39 Å². The van der Waals surface area contributed by atoms with E-state index in [2.05, 4.69) is 45.6 Å². The van der Waals surface area contributed by atoms with E-state index in [1.807, 2.05) is 12.1 Å². The molecule has 0 radical (unpaired) electrons. The van der Waals surface area contributed by atoms with Crippen molar-refractivity contribution < 1.29 is 4.39 Å². The Morgan fingerprint density at radius 1 is 1.04 bits per heavy atom. The molecule has 0 unspecified atom stereocenters. The lowest BCUT2D eigenvalue weighted by atomic mass is 9.94. The molecule has 1 aliphatic heterocycles. The summed E-state index contributed by atoms with van der Waals surface area (Å²) in [5.41, 5.74) is 4.14. The molecule has 2 heterocycles. The van der Waals surface area contributed by atoms with E-state index in [0.717, 1.165) is 49.2 Å². The van der Waals surface area contributed by atoms with Gasteiger partial charge in [0.15, 0.2) is 0 Å². The number of hydrogen-bond acceptors (Lipinski definition) is 3. The van der Waals surface area contributed by atoms with Gasteiger partial charge in [-0.3, -0.25) is 4.90 Å². The Balaban J connectivity index is 1.46. The van der Waals surface area contributed by atoms with Gasteiger partial charge in [-0.05, 0) is 35.6 Å². The fourth-order valence-electron chi connectivity index (χ4n) is 3.63. The highest BCUT2D eigenvalue weighted by Gasteiger charge is 2.18. The minimum absolute atomic E-state index is 0.156. The van der Waals surface area contributed by atoms with Crippen molar-refractivity contribution in [1.82, 2.24) is 19.9 Å². The normalized spacial score (nSPS) is 14.9. The van der Waals surface area contributed by atoms with Crippen molar-refractivity contribution in [3.05, 3.63) is 89.5 Å². The summed E-state index contributed by atoms with van der Waals surface area (Å²) in [5.74, 6) is -0.156. The zero-order valence-corrected chi connectivity index (χ0v) is 15.3. The molecule has 1 aliphatic rings. The lowest BCUT2D eigenvalue weighted by Gasteiger charge is -2.27. The lowest BCUT2D eigenvalue weighted by Crippen LogP contribution is -2.30. The second-order valence-electron chi connectivity index (χ2n) is 6.89. The molecule has 5 heteroatoms. The maximum absolute atomic E-state index is 14.6. The average Bonchev–Trinajstić information content (AvgIpc) is 3.21. The van der Waals surface area contributed by atoms with Crippen LogP contribution in [0.5, 0.6) is 0 Å². The van der Waals surface area contributed by atoms with Crippen LogP contribution in [0.15, 0.2) is 67.0 Å². The van der Waals surface area contributed by atoms with Gasteiger partial charge in [-0.1, -0.05) is 53.8 Å². The summed E-state index contributed by atoms with van der Waals surface area (Å²) < 4.78 is 16.4. The van der Waals surface area contributed by atoms with Crippen LogP contribution < -0.4 is 0 Å². The summed E-state index contributed by atoms with van der Waals surface area (Å²) in [6.07, 6.45) is 7.53. The van der Waals surface area contributed by atoms with E-state index in [-0.39, 0.29) is 5.82 Å². The number of benzene rings is 2. The van der Waals surface area contributed by atoms with Crippen LogP contribution in [0.25, 0.3) is 5.57 Å². The van der Waals surface area contributed by atoms with E-state index >= 15 is 0 Å². The molecule has 1 aromatic heterocycles. The predicted molar refractivity (Wildman–Crippen MR) is 105 cm³/mol. The summed E-state index contributed by atoms with van der Waals surface area (Å²) in [7, 11) is 0. The maximum atomic E-state index is 14.6. The molecule has 0 spiro atoms. The summed E-state index contributed by atoms with van der Waals surface area (Å²) >= 11 is 0. The van der Waals surface area contributed by atoms with Gasteiger partial charge in [-0.15, -0.1) is 5.10 Å². The van der Waals surface area contributed by atoms with Gasteiger partial charge in [0.2, 0.25) is 0 Å². The third-order valence-corrected chi connectivity index (χ3v) is 5.08. The molecule has 0 saturated heterocycles. The van der Waals surface area contributed by atoms with Crippen LogP contribution in [0.1, 0.15) is 23.1 Å². The smallest absolute Gasteiger partial charge is 0.131 e. The molecule has 3 aromatic rings. The summed E-state index contributed by atoms with van der Waals surface area (Å²) in [6, 6.07) is 15.8. The van der Waals surface area contributed by atoms with Gasteiger partial charge in [-0.2, -0.15) is 0 Å². The van der Waals surface area contributed by atoms with Crippen molar-refractivity contribution in [2.45, 2.75) is 19.4 Å². The van der Waals surface area contributed by atoms with Gasteiger partial charge in [0.1, 0.15) is 5.82 Å². The molecular formula is C22H23FN4. The summed E-state index contributed by atoms with van der Waals surface area (Å²) in [4.78, 5) is 2.43. The van der Waals surface area contributed by atoms with E-state index < -0.39 is 0 Å². The summed E-state index contributed by atoms with van der Waals surface area (Å²) in [6.45, 7) is 3.37. The molecule has 27 heavy (non-hydrogen) atoms. The van der Waals surface area contributed by atoms with E-state index in [0.29, 0.717) is 6.54 Å². The standard InChI is InChI=1S/C22H23FN4/c23-21-8-4-7-20(17-27-16-12-24-25-27)22(21)19-10-14-26(15-11-19)13-9-18-5-2-1-3-6-18/h1-8,10,12,16H,9,11,13-15,17H2.